The summed E-state index contributed by atoms with van der Waals surface area (Å²) in [5.74, 6) is 0. The molecule has 0 atom stereocenters. The Balaban J connectivity index is 1.93. The van der Waals surface area contributed by atoms with E-state index in [1.165, 1.54) is 11.1 Å². The molecule has 3 rings (SSSR count). The first kappa shape index (κ1) is 12.5. The number of hydrogen-bond donors (Lipinski definition) is 2. The maximum absolute atomic E-state index is 4.03. The van der Waals surface area contributed by atoms with Gasteiger partial charge in [0.05, 0.1) is 11.4 Å². The van der Waals surface area contributed by atoms with Crippen molar-refractivity contribution in [3.8, 4) is 0 Å². The second-order valence-electron chi connectivity index (χ2n) is 4.92. The monoisotopic (exact) mass is 262 g/mol. The summed E-state index contributed by atoms with van der Waals surface area (Å²) in [4.78, 5) is 0. The Morgan fingerprint density at radius 1 is 0.950 bits per heavy atom. The van der Waals surface area contributed by atoms with Crippen LogP contribution in [-0.4, -0.2) is 6.54 Å². The van der Waals surface area contributed by atoms with E-state index in [0.717, 1.165) is 30.0 Å². The molecule has 0 saturated carbocycles. The van der Waals surface area contributed by atoms with Crippen molar-refractivity contribution in [1.82, 2.24) is 0 Å². The Hall–Kier alpha value is -2.48. The van der Waals surface area contributed by atoms with Gasteiger partial charge in [0.25, 0.3) is 0 Å². The zero-order valence-electron chi connectivity index (χ0n) is 11.4. The molecular formula is C18H18N2. The fraction of sp³-hybridized carbons (Fsp3) is 0.111. The van der Waals surface area contributed by atoms with Gasteiger partial charge in [-0.25, -0.2) is 0 Å². The number of nitrogens with one attached hydrogen (secondary N) is 2. The van der Waals surface area contributed by atoms with Gasteiger partial charge in [-0.1, -0.05) is 61.2 Å². The summed E-state index contributed by atoms with van der Waals surface area (Å²) in [7, 11) is 0. The minimum atomic E-state index is 0.912. The average Bonchev–Trinajstić information content (AvgIpc) is 2.67. The van der Waals surface area contributed by atoms with E-state index in [1.54, 1.807) is 0 Å². The lowest BCUT2D eigenvalue weighted by molar-refractivity contribution is 1.03. The molecule has 0 unspecified atom stereocenters. The van der Waals surface area contributed by atoms with Crippen LogP contribution in [0.5, 0.6) is 0 Å². The Kier molecular flexibility index (Phi) is 3.55. The van der Waals surface area contributed by atoms with Gasteiger partial charge in [0.15, 0.2) is 0 Å². The van der Waals surface area contributed by atoms with Crippen LogP contribution >= 0.6 is 0 Å². The molecule has 100 valence electrons. The van der Waals surface area contributed by atoms with Gasteiger partial charge >= 0.3 is 0 Å². The van der Waals surface area contributed by atoms with E-state index < -0.39 is 0 Å². The van der Waals surface area contributed by atoms with Crippen LogP contribution in [-0.2, 0) is 0 Å². The topological polar surface area (TPSA) is 24.1 Å². The molecule has 0 fully saturated rings. The minimum absolute atomic E-state index is 0.912. The van der Waals surface area contributed by atoms with E-state index in [1.807, 2.05) is 6.07 Å². The summed E-state index contributed by atoms with van der Waals surface area (Å²) < 4.78 is 0. The first-order chi connectivity index (χ1) is 9.83. The van der Waals surface area contributed by atoms with Gasteiger partial charge in [-0.05, 0) is 17.2 Å². The lowest BCUT2D eigenvalue weighted by Crippen LogP contribution is -2.00. The van der Waals surface area contributed by atoms with E-state index in [2.05, 4.69) is 71.8 Å². The van der Waals surface area contributed by atoms with E-state index in [9.17, 15) is 0 Å². The molecule has 1 heterocycles. The van der Waals surface area contributed by atoms with Crippen molar-refractivity contribution in [2.45, 2.75) is 6.42 Å². The van der Waals surface area contributed by atoms with Crippen molar-refractivity contribution >= 4 is 23.5 Å². The Labute approximate surface area is 119 Å². The van der Waals surface area contributed by atoms with Gasteiger partial charge in [-0.15, -0.1) is 0 Å². The molecular weight excluding hydrogens is 244 g/mol. The van der Waals surface area contributed by atoms with E-state index in [4.69, 9.17) is 0 Å². The maximum Gasteiger partial charge on any atom is 0.0653 e. The van der Waals surface area contributed by atoms with Crippen LogP contribution in [0.15, 0.2) is 60.8 Å². The predicted octanol–water partition coefficient (Wildman–Crippen LogP) is 4.60. The van der Waals surface area contributed by atoms with E-state index >= 15 is 0 Å². The molecule has 0 saturated heterocycles. The summed E-state index contributed by atoms with van der Waals surface area (Å²) in [6.07, 6.45) is 5.23. The van der Waals surface area contributed by atoms with Crippen molar-refractivity contribution < 1.29 is 0 Å². The van der Waals surface area contributed by atoms with Crippen LogP contribution in [0.1, 0.15) is 17.5 Å². The largest absolute Gasteiger partial charge is 0.382 e. The SMILES string of the molecule is C=C1CCNc2c(/C=C/c3ccccc3)cccc2N1. The number of para-hydroxylation sites is 1. The Bertz CT molecular complexity index is 642. The third-order valence-electron chi connectivity index (χ3n) is 3.39. The third kappa shape index (κ3) is 2.75. The highest BCUT2D eigenvalue weighted by Crippen LogP contribution is 2.31. The van der Waals surface area contributed by atoms with E-state index in [0.29, 0.717) is 0 Å². The molecule has 2 N–H and O–H groups in total. The zero-order chi connectivity index (χ0) is 13.8. The molecule has 1 aliphatic rings. The second-order valence-corrected chi connectivity index (χ2v) is 4.92. The van der Waals surface area contributed by atoms with Crippen LogP contribution in [0.25, 0.3) is 12.2 Å². The fourth-order valence-electron chi connectivity index (χ4n) is 2.35. The summed E-state index contributed by atoms with van der Waals surface area (Å²) in [6, 6.07) is 16.6. The minimum Gasteiger partial charge on any atom is -0.382 e. The quantitative estimate of drug-likeness (QED) is 0.773. The Morgan fingerprint density at radius 3 is 2.65 bits per heavy atom. The molecule has 1 aliphatic heterocycles. The van der Waals surface area contributed by atoms with Crippen LogP contribution in [0.2, 0.25) is 0 Å². The highest BCUT2D eigenvalue weighted by Gasteiger charge is 2.10. The summed E-state index contributed by atoms with van der Waals surface area (Å²) in [5.41, 5.74) is 5.70. The van der Waals surface area contributed by atoms with Crippen LogP contribution in [0.4, 0.5) is 11.4 Å². The van der Waals surface area contributed by atoms with Gasteiger partial charge in [-0.3, -0.25) is 0 Å². The maximum atomic E-state index is 4.03. The lowest BCUT2D eigenvalue weighted by Gasteiger charge is -2.11. The normalized spacial score (nSPS) is 14.3. The van der Waals surface area contributed by atoms with Crippen LogP contribution < -0.4 is 10.6 Å². The highest BCUT2D eigenvalue weighted by molar-refractivity contribution is 5.85. The van der Waals surface area contributed by atoms with Crippen molar-refractivity contribution in [3.05, 3.63) is 71.9 Å². The average molecular weight is 262 g/mol. The molecule has 20 heavy (non-hydrogen) atoms. The summed E-state index contributed by atoms with van der Waals surface area (Å²) in [6.45, 7) is 4.94. The molecule has 2 nitrogen and oxygen atoms in total. The number of hydrogen-bond acceptors (Lipinski definition) is 2. The van der Waals surface area contributed by atoms with Crippen molar-refractivity contribution in [3.63, 3.8) is 0 Å². The molecule has 2 aromatic carbocycles. The number of rotatable bonds is 2. The molecule has 0 aromatic heterocycles. The summed E-state index contributed by atoms with van der Waals surface area (Å²) >= 11 is 0. The van der Waals surface area contributed by atoms with Crippen molar-refractivity contribution in [1.29, 1.82) is 0 Å². The molecule has 0 amide bonds. The smallest absolute Gasteiger partial charge is 0.0653 e. The highest BCUT2D eigenvalue weighted by atomic mass is 15.0. The molecule has 0 bridgehead atoms. The van der Waals surface area contributed by atoms with Crippen LogP contribution in [0, 0.1) is 0 Å². The van der Waals surface area contributed by atoms with Gasteiger partial charge < -0.3 is 10.6 Å². The molecule has 0 spiro atoms. The van der Waals surface area contributed by atoms with Crippen molar-refractivity contribution in [2.75, 3.05) is 17.2 Å². The lowest BCUT2D eigenvalue weighted by atomic mass is 10.1. The standard InChI is InChI=1S/C18H18N2/c1-14-12-13-19-18-16(8-5-9-17(18)20-14)11-10-15-6-3-2-4-7-15/h2-11,19-20H,1,12-13H2/b11-10+. The first-order valence-electron chi connectivity index (χ1n) is 6.88. The predicted molar refractivity (Wildman–Crippen MR) is 87.7 cm³/mol. The second kappa shape index (κ2) is 5.66. The molecule has 0 aliphatic carbocycles. The van der Waals surface area contributed by atoms with Crippen LogP contribution in [0.3, 0.4) is 0 Å². The Morgan fingerprint density at radius 2 is 1.80 bits per heavy atom. The number of anilines is 2. The molecule has 2 aromatic rings. The van der Waals surface area contributed by atoms with Gasteiger partial charge in [0.1, 0.15) is 0 Å². The third-order valence-corrected chi connectivity index (χ3v) is 3.39. The molecule has 2 heteroatoms. The fourth-order valence-corrected chi connectivity index (χ4v) is 2.35. The summed E-state index contributed by atoms with van der Waals surface area (Å²) in [5, 5.41) is 6.86. The number of benzene rings is 2. The van der Waals surface area contributed by atoms with E-state index in [-0.39, 0.29) is 0 Å². The van der Waals surface area contributed by atoms with Gasteiger partial charge in [-0.2, -0.15) is 0 Å². The first-order valence-corrected chi connectivity index (χ1v) is 6.88. The van der Waals surface area contributed by atoms with Crippen molar-refractivity contribution in [2.24, 2.45) is 0 Å². The molecule has 0 radical (unpaired) electrons. The van der Waals surface area contributed by atoms with Gasteiger partial charge in [0, 0.05) is 18.7 Å². The van der Waals surface area contributed by atoms with Gasteiger partial charge in [0.2, 0.25) is 0 Å². The number of fused-ring (bicyclic) bond motifs is 1. The zero-order valence-corrected chi connectivity index (χ0v) is 11.4.